The molecule has 6 heteroatoms. The molecule has 6 nitrogen and oxygen atoms in total. The quantitative estimate of drug-likeness (QED) is 0.773. The fourth-order valence-corrected chi connectivity index (χ4v) is 3.03. The second-order valence-electron chi connectivity index (χ2n) is 6.80. The number of aromatic nitrogens is 4. The second kappa shape index (κ2) is 6.70. The van der Waals surface area contributed by atoms with Crippen LogP contribution in [0.15, 0.2) is 24.4 Å². The van der Waals surface area contributed by atoms with Crippen LogP contribution in [0.4, 0.5) is 5.69 Å². The maximum atomic E-state index is 12.3. The average Bonchev–Trinajstić information content (AvgIpc) is 3.07. The van der Waals surface area contributed by atoms with Crippen LogP contribution in [0.25, 0.3) is 10.9 Å². The highest BCUT2D eigenvalue weighted by molar-refractivity contribution is 5.93. The predicted octanol–water partition coefficient (Wildman–Crippen LogP) is 3.54. The Hall–Kier alpha value is -2.63. The number of fused-ring (bicyclic) bond motifs is 1. The lowest BCUT2D eigenvalue weighted by Gasteiger charge is -2.06. The van der Waals surface area contributed by atoms with Crippen LogP contribution in [0.1, 0.15) is 43.3 Å². The molecule has 0 saturated heterocycles. The first-order valence-corrected chi connectivity index (χ1v) is 8.63. The fourth-order valence-electron chi connectivity index (χ4n) is 3.03. The predicted molar refractivity (Wildman–Crippen MR) is 99.8 cm³/mol. The standard InChI is InChI=1S/C19H25N5O/c1-12(2)24-11-15-10-16(6-8-18(15)22-24)20-19(25)9-7-17-13(3)21-23(5)14(17)4/h6,8,10-12H,7,9H2,1-5H3,(H,20,25). The van der Waals surface area contributed by atoms with Gasteiger partial charge in [-0.25, -0.2) is 0 Å². The fraction of sp³-hybridized carbons (Fsp3) is 0.421. The molecular weight excluding hydrogens is 314 g/mol. The molecule has 0 bridgehead atoms. The number of amides is 1. The zero-order valence-electron chi connectivity index (χ0n) is 15.5. The summed E-state index contributed by atoms with van der Waals surface area (Å²) in [6, 6.07) is 6.13. The summed E-state index contributed by atoms with van der Waals surface area (Å²) in [5, 5.41) is 12.9. The van der Waals surface area contributed by atoms with Crippen molar-refractivity contribution in [2.24, 2.45) is 7.05 Å². The minimum Gasteiger partial charge on any atom is -0.326 e. The van der Waals surface area contributed by atoms with Gasteiger partial charge in [0, 0.05) is 42.5 Å². The van der Waals surface area contributed by atoms with Crippen LogP contribution in [0, 0.1) is 13.8 Å². The Morgan fingerprint density at radius 1 is 1.24 bits per heavy atom. The number of nitrogens with one attached hydrogen (secondary N) is 1. The van der Waals surface area contributed by atoms with Gasteiger partial charge in [-0.05, 0) is 57.9 Å². The minimum atomic E-state index is 0.0123. The number of nitrogens with zero attached hydrogens (tertiary/aromatic N) is 4. The highest BCUT2D eigenvalue weighted by Gasteiger charge is 2.12. The van der Waals surface area contributed by atoms with Crippen molar-refractivity contribution in [1.29, 1.82) is 0 Å². The van der Waals surface area contributed by atoms with E-state index in [0.29, 0.717) is 18.9 Å². The highest BCUT2D eigenvalue weighted by atomic mass is 16.1. The molecule has 0 aliphatic heterocycles. The number of carbonyl (C=O) groups excluding carboxylic acids is 1. The lowest BCUT2D eigenvalue weighted by molar-refractivity contribution is -0.116. The number of rotatable bonds is 5. The van der Waals surface area contributed by atoms with Crippen molar-refractivity contribution in [3.63, 3.8) is 0 Å². The Kier molecular flexibility index (Phi) is 4.61. The molecule has 2 aromatic heterocycles. The van der Waals surface area contributed by atoms with E-state index in [1.54, 1.807) is 0 Å². The van der Waals surface area contributed by atoms with Crippen molar-refractivity contribution in [3.05, 3.63) is 41.3 Å². The van der Waals surface area contributed by atoms with E-state index in [9.17, 15) is 4.79 Å². The van der Waals surface area contributed by atoms with Crippen LogP contribution < -0.4 is 5.32 Å². The summed E-state index contributed by atoms with van der Waals surface area (Å²) in [5.74, 6) is 0.0123. The molecule has 0 aliphatic rings. The molecule has 0 fully saturated rings. The van der Waals surface area contributed by atoms with Gasteiger partial charge in [-0.2, -0.15) is 10.2 Å². The molecule has 0 radical (unpaired) electrons. The maximum absolute atomic E-state index is 12.3. The van der Waals surface area contributed by atoms with Gasteiger partial charge >= 0.3 is 0 Å². The van der Waals surface area contributed by atoms with Gasteiger partial charge in [0.05, 0.1) is 11.2 Å². The summed E-state index contributed by atoms with van der Waals surface area (Å²) >= 11 is 0. The number of hydrogen-bond acceptors (Lipinski definition) is 3. The molecule has 3 rings (SSSR count). The van der Waals surface area contributed by atoms with Gasteiger partial charge in [0.15, 0.2) is 0 Å². The SMILES string of the molecule is Cc1nn(C)c(C)c1CCC(=O)Nc1ccc2nn(C(C)C)cc2c1. The Bertz CT molecular complexity index is 919. The third kappa shape index (κ3) is 3.57. The van der Waals surface area contributed by atoms with E-state index in [-0.39, 0.29) is 5.91 Å². The lowest BCUT2D eigenvalue weighted by Crippen LogP contribution is -2.12. The Morgan fingerprint density at radius 3 is 2.64 bits per heavy atom. The van der Waals surface area contributed by atoms with Crippen molar-refractivity contribution >= 4 is 22.5 Å². The number of anilines is 1. The van der Waals surface area contributed by atoms with E-state index >= 15 is 0 Å². The summed E-state index contributed by atoms with van der Waals surface area (Å²) in [6.07, 6.45) is 3.15. The summed E-state index contributed by atoms with van der Waals surface area (Å²) in [4.78, 5) is 12.3. The van der Waals surface area contributed by atoms with Gasteiger partial charge in [0.1, 0.15) is 0 Å². The summed E-state index contributed by atoms with van der Waals surface area (Å²) < 4.78 is 3.80. The third-order valence-electron chi connectivity index (χ3n) is 4.60. The van der Waals surface area contributed by atoms with Gasteiger partial charge in [0.2, 0.25) is 5.91 Å². The van der Waals surface area contributed by atoms with Crippen molar-refractivity contribution in [1.82, 2.24) is 19.6 Å². The van der Waals surface area contributed by atoms with Crippen LogP contribution in [0.3, 0.4) is 0 Å². The van der Waals surface area contributed by atoms with E-state index < -0.39 is 0 Å². The molecular formula is C19H25N5O. The molecule has 1 N–H and O–H groups in total. The van der Waals surface area contributed by atoms with E-state index in [4.69, 9.17) is 0 Å². The summed E-state index contributed by atoms with van der Waals surface area (Å²) in [6.45, 7) is 8.21. The van der Waals surface area contributed by atoms with Gasteiger partial charge < -0.3 is 5.32 Å². The molecule has 2 heterocycles. The number of hydrogen-bond donors (Lipinski definition) is 1. The normalized spacial score (nSPS) is 11.4. The average molecular weight is 339 g/mol. The maximum Gasteiger partial charge on any atom is 0.224 e. The van der Waals surface area contributed by atoms with Crippen LogP contribution in [0.5, 0.6) is 0 Å². The first-order valence-electron chi connectivity index (χ1n) is 8.63. The molecule has 0 unspecified atom stereocenters. The minimum absolute atomic E-state index is 0.0123. The topological polar surface area (TPSA) is 64.7 Å². The molecule has 1 aromatic carbocycles. The third-order valence-corrected chi connectivity index (χ3v) is 4.60. The van der Waals surface area contributed by atoms with Crippen molar-refractivity contribution < 1.29 is 4.79 Å². The second-order valence-corrected chi connectivity index (χ2v) is 6.80. The molecule has 0 saturated carbocycles. The van der Waals surface area contributed by atoms with Gasteiger partial charge in [0.25, 0.3) is 0 Å². The largest absolute Gasteiger partial charge is 0.326 e. The Labute approximate surface area is 147 Å². The number of aryl methyl sites for hydroxylation is 2. The highest BCUT2D eigenvalue weighted by Crippen LogP contribution is 2.20. The first kappa shape index (κ1) is 17.2. The van der Waals surface area contributed by atoms with Crippen molar-refractivity contribution in [3.8, 4) is 0 Å². The molecule has 1 amide bonds. The number of carbonyl (C=O) groups is 1. The van der Waals surface area contributed by atoms with E-state index in [1.807, 2.05) is 54.7 Å². The zero-order chi connectivity index (χ0) is 18.1. The van der Waals surface area contributed by atoms with Gasteiger partial charge in [-0.15, -0.1) is 0 Å². The first-order chi connectivity index (χ1) is 11.8. The molecule has 132 valence electrons. The van der Waals surface area contributed by atoms with E-state index in [2.05, 4.69) is 29.4 Å². The summed E-state index contributed by atoms with van der Waals surface area (Å²) in [5.41, 5.74) is 5.02. The zero-order valence-corrected chi connectivity index (χ0v) is 15.5. The van der Waals surface area contributed by atoms with Gasteiger partial charge in [-0.3, -0.25) is 14.2 Å². The van der Waals surface area contributed by atoms with Crippen molar-refractivity contribution in [2.45, 2.75) is 46.6 Å². The van der Waals surface area contributed by atoms with E-state index in [1.165, 1.54) is 0 Å². The van der Waals surface area contributed by atoms with Crippen LogP contribution in [-0.2, 0) is 18.3 Å². The van der Waals surface area contributed by atoms with Gasteiger partial charge in [-0.1, -0.05) is 0 Å². The molecule has 25 heavy (non-hydrogen) atoms. The molecule has 0 atom stereocenters. The van der Waals surface area contributed by atoms with Crippen LogP contribution in [-0.4, -0.2) is 25.5 Å². The van der Waals surface area contributed by atoms with Crippen LogP contribution >= 0.6 is 0 Å². The molecule has 0 spiro atoms. The van der Waals surface area contributed by atoms with E-state index in [0.717, 1.165) is 33.5 Å². The number of benzene rings is 1. The van der Waals surface area contributed by atoms with Crippen LogP contribution in [0.2, 0.25) is 0 Å². The Balaban J connectivity index is 1.67. The molecule has 3 aromatic rings. The Morgan fingerprint density at radius 2 is 2.00 bits per heavy atom. The summed E-state index contributed by atoms with van der Waals surface area (Å²) in [7, 11) is 1.93. The monoisotopic (exact) mass is 339 g/mol. The molecule has 0 aliphatic carbocycles. The lowest BCUT2D eigenvalue weighted by atomic mass is 10.1. The smallest absolute Gasteiger partial charge is 0.224 e. The van der Waals surface area contributed by atoms with Crippen molar-refractivity contribution in [2.75, 3.05) is 5.32 Å².